The predicted molar refractivity (Wildman–Crippen MR) is 141 cm³/mol. The molecule has 1 aliphatic rings. The molecule has 37 heavy (non-hydrogen) atoms. The Morgan fingerprint density at radius 2 is 2.08 bits per heavy atom. The lowest BCUT2D eigenvalue weighted by Crippen LogP contribution is -2.36. The highest BCUT2D eigenvalue weighted by molar-refractivity contribution is 5.79. The van der Waals surface area contributed by atoms with E-state index in [4.69, 9.17) is 1.37 Å². The molecule has 0 spiro atoms. The van der Waals surface area contributed by atoms with Gasteiger partial charge in [0.2, 0.25) is 0 Å². The van der Waals surface area contributed by atoms with Crippen LogP contribution in [0.3, 0.4) is 0 Å². The zero-order valence-electron chi connectivity index (χ0n) is 21.5. The number of H-pyrrole nitrogens is 1. The molecule has 2 N–H and O–H groups in total. The van der Waals surface area contributed by atoms with Gasteiger partial charge in [0.1, 0.15) is 11.6 Å². The monoisotopic (exact) mass is 493 g/mol. The van der Waals surface area contributed by atoms with Gasteiger partial charge in [-0.15, -0.1) is 0 Å². The van der Waals surface area contributed by atoms with Crippen molar-refractivity contribution >= 4 is 10.9 Å². The number of nitrogens with zero attached hydrogens (tertiary/aromatic N) is 2. The van der Waals surface area contributed by atoms with Gasteiger partial charge in [0.15, 0.2) is 0 Å². The number of fused-ring (bicyclic) bond motifs is 1. The Morgan fingerprint density at radius 1 is 1.16 bits per heavy atom. The van der Waals surface area contributed by atoms with Gasteiger partial charge in [-0.1, -0.05) is 23.7 Å². The molecule has 4 nitrogen and oxygen atoms in total. The molecule has 4 aromatic rings. The Balaban J connectivity index is 1.47. The number of nitrogens with one attached hydrogen (secondary N) is 2. The molecule has 1 aliphatic heterocycles. The minimum absolute atomic E-state index is 0.0217. The predicted octanol–water partition coefficient (Wildman–Crippen LogP) is 5.42. The van der Waals surface area contributed by atoms with Crippen molar-refractivity contribution in [3.05, 3.63) is 89.4 Å². The molecule has 2 unspecified atom stereocenters. The van der Waals surface area contributed by atoms with Crippen molar-refractivity contribution in [3.8, 4) is 35.5 Å². The highest BCUT2D eigenvalue weighted by atomic mass is 19.1. The zero-order valence-corrected chi connectivity index (χ0v) is 20.5. The number of benzene rings is 2. The first-order valence-electron chi connectivity index (χ1n) is 12.7. The van der Waals surface area contributed by atoms with Crippen LogP contribution in [-0.2, 0) is 0 Å². The molecule has 3 heterocycles. The Bertz CT molecular complexity index is 1650. The second-order valence-electron chi connectivity index (χ2n) is 9.43. The highest BCUT2D eigenvalue weighted by Crippen LogP contribution is 2.28. The maximum absolute atomic E-state index is 15.0. The van der Waals surface area contributed by atoms with Crippen LogP contribution in [0.1, 0.15) is 50.3 Å². The van der Waals surface area contributed by atoms with E-state index in [1.165, 1.54) is 0 Å². The van der Waals surface area contributed by atoms with Crippen molar-refractivity contribution in [1.82, 2.24) is 20.1 Å². The second-order valence-corrected chi connectivity index (χ2v) is 9.43. The van der Waals surface area contributed by atoms with Crippen molar-refractivity contribution in [1.29, 1.82) is 0 Å². The summed E-state index contributed by atoms with van der Waals surface area (Å²) in [4.78, 5) is 2.92. The molecule has 0 aliphatic carbocycles. The van der Waals surface area contributed by atoms with Crippen molar-refractivity contribution in [2.75, 3.05) is 13.1 Å². The first kappa shape index (κ1) is 23.1. The van der Waals surface area contributed by atoms with Gasteiger partial charge in [-0.3, -0.25) is 4.68 Å². The van der Waals surface area contributed by atoms with E-state index in [2.05, 4.69) is 57.8 Å². The SMILES string of the molecule is [2H]c1cc(F)cc(C(CC#CC#Cc2cc[nH]c2)n2cc3ccc(C#CC4(C)CCCNC4)cc3n2)c1F. The van der Waals surface area contributed by atoms with E-state index >= 15 is 4.39 Å². The number of aromatic nitrogens is 3. The van der Waals surface area contributed by atoms with Gasteiger partial charge in [0.25, 0.3) is 0 Å². The lowest BCUT2D eigenvalue weighted by atomic mass is 9.83. The van der Waals surface area contributed by atoms with E-state index in [1.807, 2.05) is 24.3 Å². The summed E-state index contributed by atoms with van der Waals surface area (Å²) in [6.45, 7) is 4.06. The van der Waals surface area contributed by atoms with Gasteiger partial charge in [-0.25, -0.2) is 8.78 Å². The third-order valence-electron chi connectivity index (χ3n) is 6.44. The molecule has 5 rings (SSSR count). The van der Waals surface area contributed by atoms with Gasteiger partial charge in [0.05, 0.1) is 12.9 Å². The summed E-state index contributed by atoms with van der Waals surface area (Å²) in [5.41, 5.74) is 2.29. The largest absolute Gasteiger partial charge is 0.367 e. The normalized spacial score (nSPS) is 18.0. The Labute approximate surface area is 216 Å². The molecule has 184 valence electrons. The molecule has 1 fully saturated rings. The first-order chi connectivity index (χ1) is 18.4. The first-order valence-corrected chi connectivity index (χ1v) is 12.2. The molecule has 0 saturated carbocycles. The van der Waals surface area contributed by atoms with E-state index < -0.39 is 23.7 Å². The van der Waals surface area contributed by atoms with Crippen LogP contribution in [0.4, 0.5) is 8.78 Å². The second kappa shape index (κ2) is 10.8. The number of halogens is 2. The zero-order chi connectivity index (χ0) is 26.5. The van der Waals surface area contributed by atoms with E-state index in [9.17, 15) is 4.39 Å². The molecule has 0 radical (unpaired) electrons. The highest BCUT2D eigenvalue weighted by Gasteiger charge is 2.24. The Hall–Kier alpha value is -4.31. The van der Waals surface area contributed by atoms with E-state index in [0.717, 1.165) is 54.6 Å². The lowest BCUT2D eigenvalue weighted by Gasteiger charge is -2.28. The number of hydrogen-bond donors (Lipinski definition) is 2. The van der Waals surface area contributed by atoms with E-state index in [-0.39, 0.29) is 17.4 Å². The van der Waals surface area contributed by atoms with Gasteiger partial charge in [0, 0.05) is 59.0 Å². The Morgan fingerprint density at radius 3 is 2.89 bits per heavy atom. The van der Waals surface area contributed by atoms with Gasteiger partial charge in [-0.05, 0) is 80.6 Å². The van der Waals surface area contributed by atoms with Crippen LogP contribution in [0.25, 0.3) is 10.9 Å². The molecule has 2 atom stereocenters. The number of piperidine rings is 1. The fourth-order valence-electron chi connectivity index (χ4n) is 4.41. The number of aromatic amines is 1. The van der Waals surface area contributed by atoms with Crippen molar-refractivity contribution < 1.29 is 10.2 Å². The summed E-state index contributed by atoms with van der Waals surface area (Å²) in [5, 5.41) is 8.93. The van der Waals surface area contributed by atoms with Crippen LogP contribution in [0.2, 0.25) is 0 Å². The Kier molecular flexibility index (Phi) is 6.72. The fraction of sp³-hybridized carbons (Fsp3) is 0.258. The molecular weight excluding hydrogens is 466 g/mol. The van der Waals surface area contributed by atoms with Crippen molar-refractivity contribution in [2.24, 2.45) is 5.41 Å². The summed E-state index contributed by atoms with van der Waals surface area (Å²) in [6.07, 6.45) is 7.60. The summed E-state index contributed by atoms with van der Waals surface area (Å²) in [5.74, 6) is 16.7. The summed E-state index contributed by atoms with van der Waals surface area (Å²) >= 11 is 0. The molecular formula is C31H26F2N4. The van der Waals surface area contributed by atoms with Gasteiger partial charge in [-0.2, -0.15) is 5.10 Å². The maximum atomic E-state index is 15.0. The fourth-order valence-corrected chi connectivity index (χ4v) is 4.41. The average molecular weight is 494 g/mol. The molecule has 0 amide bonds. The van der Waals surface area contributed by atoms with Gasteiger partial charge < -0.3 is 10.3 Å². The lowest BCUT2D eigenvalue weighted by molar-refractivity contribution is 0.320. The molecule has 0 bridgehead atoms. The van der Waals surface area contributed by atoms with Crippen LogP contribution in [-0.4, -0.2) is 27.9 Å². The number of hydrogen-bond acceptors (Lipinski definition) is 2. The minimum atomic E-state index is -0.794. The smallest absolute Gasteiger partial charge is 0.128 e. The average Bonchev–Trinajstić information content (AvgIpc) is 3.57. The van der Waals surface area contributed by atoms with Crippen LogP contribution < -0.4 is 5.32 Å². The van der Waals surface area contributed by atoms with Crippen molar-refractivity contribution in [3.63, 3.8) is 0 Å². The van der Waals surface area contributed by atoms with E-state index in [1.54, 1.807) is 23.3 Å². The summed E-state index contributed by atoms with van der Waals surface area (Å²) in [7, 11) is 0. The standard InChI is InChI=1S/C31H26F2N4/c1-31(14-5-16-35-22-31)15-12-23-8-9-25-21-37(36-29(25)18-23)30(27-19-26(32)10-11-28(27)33)7-4-2-3-6-24-13-17-34-20-24/h8-11,13,17-21,30,34-35H,5,7,14,16,22H2,1H3/i11D. The van der Waals surface area contributed by atoms with Crippen LogP contribution in [0, 0.1) is 52.6 Å². The van der Waals surface area contributed by atoms with Crippen LogP contribution >= 0.6 is 0 Å². The number of rotatable bonds is 3. The molecule has 2 aromatic carbocycles. The minimum Gasteiger partial charge on any atom is -0.367 e. The third-order valence-corrected chi connectivity index (χ3v) is 6.44. The van der Waals surface area contributed by atoms with Crippen LogP contribution in [0.5, 0.6) is 0 Å². The third kappa shape index (κ3) is 5.92. The van der Waals surface area contributed by atoms with Crippen LogP contribution in [0.15, 0.2) is 61.0 Å². The topological polar surface area (TPSA) is 45.6 Å². The molecule has 2 aromatic heterocycles. The maximum Gasteiger partial charge on any atom is 0.128 e. The van der Waals surface area contributed by atoms with Gasteiger partial charge >= 0.3 is 0 Å². The van der Waals surface area contributed by atoms with Crippen molar-refractivity contribution in [2.45, 2.75) is 32.2 Å². The quantitative estimate of drug-likeness (QED) is 0.375. The van der Waals surface area contributed by atoms with E-state index in [0.29, 0.717) is 5.52 Å². The summed E-state index contributed by atoms with van der Waals surface area (Å²) < 4.78 is 38.6. The molecule has 6 heteroatoms. The summed E-state index contributed by atoms with van der Waals surface area (Å²) in [6, 6.07) is 8.31. The molecule has 1 saturated heterocycles.